The molecule has 2 amide bonds. The Morgan fingerprint density at radius 2 is 1.38 bits per heavy atom. The molecular formula is C20H32N2O2. The molecular weight excluding hydrogens is 300 g/mol. The van der Waals surface area contributed by atoms with Crippen molar-refractivity contribution >= 4 is 23.2 Å². The molecule has 0 heterocycles. The summed E-state index contributed by atoms with van der Waals surface area (Å²) in [4.78, 5) is 27.9. The third kappa shape index (κ3) is 5.99. The van der Waals surface area contributed by atoms with E-state index in [1.165, 1.54) is 24.7 Å². The molecule has 1 aromatic rings. The van der Waals surface area contributed by atoms with Crippen molar-refractivity contribution in [3.05, 3.63) is 24.3 Å². The molecule has 0 bridgehead atoms. The van der Waals surface area contributed by atoms with Gasteiger partial charge >= 0.3 is 0 Å². The fourth-order valence-electron chi connectivity index (χ4n) is 2.89. The first-order valence-corrected chi connectivity index (χ1v) is 9.23. The van der Waals surface area contributed by atoms with Crippen LogP contribution < -0.4 is 9.80 Å². The molecule has 0 aliphatic carbocycles. The zero-order valence-corrected chi connectivity index (χ0v) is 15.7. The lowest BCUT2D eigenvalue weighted by atomic mass is 10.1. The number of unbranched alkanes of at least 4 members (excludes halogenated alkanes) is 4. The highest BCUT2D eigenvalue weighted by molar-refractivity contribution is 6.14. The molecule has 134 valence electrons. The highest BCUT2D eigenvalue weighted by atomic mass is 16.2. The Balaban J connectivity index is 2.73. The van der Waals surface area contributed by atoms with Gasteiger partial charge in [0.25, 0.3) is 0 Å². The van der Waals surface area contributed by atoms with Crippen LogP contribution in [-0.2, 0) is 9.59 Å². The van der Waals surface area contributed by atoms with Crippen LogP contribution in [0.2, 0.25) is 0 Å². The van der Waals surface area contributed by atoms with Crippen LogP contribution >= 0.6 is 0 Å². The number of benzene rings is 1. The highest BCUT2D eigenvalue weighted by Crippen LogP contribution is 2.22. The molecule has 0 saturated carbocycles. The molecule has 0 spiro atoms. The largest absolute Gasteiger partial charge is 0.372 e. The van der Waals surface area contributed by atoms with E-state index in [1.807, 2.05) is 24.3 Å². The molecule has 0 aliphatic heterocycles. The molecule has 24 heavy (non-hydrogen) atoms. The zero-order chi connectivity index (χ0) is 17.9. The van der Waals surface area contributed by atoms with Crippen LogP contribution in [0, 0.1) is 0 Å². The van der Waals surface area contributed by atoms with Crippen LogP contribution in [0.1, 0.15) is 66.2 Å². The third-order valence-corrected chi connectivity index (χ3v) is 4.29. The monoisotopic (exact) mass is 332 g/mol. The van der Waals surface area contributed by atoms with E-state index < -0.39 is 0 Å². The zero-order valence-electron chi connectivity index (χ0n) is 15.7. The van der Waals surface area contributed by atoms with Gasteiger partial charge in [-0.2, -0.15) is 0 Å². The first-order valence-electron chi connectivity index (χ1n) is 9.23. The van der Waals surface area contributed by atoms with Crippen molar-refractivity contribution < 1.29 is 9.59 Å². The SMILES string of the molecule is CCCCCCCC(=O)N(C(C)=O)c1ccc(N(CC)CC)cc1. The molecule has 0 unspecified atom stereocenters. The van der Waals surface area contributed by atoms with Gasteiger partial charge in [0.15, 0.2) is 0 Å². The lowest BCUT2D eigenvalue weighted by Crippen LogP contribution is -2.35. The van der Waals surface area contributed by atoms with E-state index in [1.54, 1.807) is 0 Å². The Labute approximate surface area is 146 Å². The third-order valence-electron chi connectivity index (χ3n) is 4.29. The van der Waals surface area contributed by atoms with Crippen molar-refractivity contribution in [3.63, 3.8) is 0 Å². The molecule has 1 rings (SSSR count). The summed E-state index contributed by atoms with van der Waals surface area (Å²) in [5, 5.41) is 0. The van der Waals surface area contributed by atoms with E-state index in [0.29, 0.717) is 12.1 Å². The van der Waals surface area contributed by atoms with Gasteiger partial charge in [-0.1, -0.05) is 32.6 Å². The van der Waals surface area contributed by atoms with Crippen molar-refractivity contribution in [2.75, 3.05) is 22.9 Å². The fourth-order valence-corrected chi connectivity index (χ4v) is 2.89. The smallest absolute Gasteiger partial charge is 0.233 e. The van der Waals surface area contributed by atoms with Crippen molar-refractivity contribution in [1.29, 1.82) is 0 Å². The molecule has 0 N–H and O–H groups in total. The van der Waals surface area contributed by atoms with Crippen molar-refractivity contribution in [2.45, 2.75) is 66.2 Å². The predicted molar refractivity (Wildman–Crippen MR) is 102 cm³/mol. The number of hydrogen-bond donors (Lipinski definition) is 0. The van der Waals surface area contributed by atoms with Crippen LogP contribution in [0.5, 0.6) is 0 Å². The van der Waals surface area contributed by atoms with Crippen LogP contribution in [-0.4, -0.2) is 24.9 Å². The van der Waals surface area contributed by atoms with Crippen molar-refractivity contribution in [1.82, 2.24) is 0 Å². The summed E-state index contributed by atoms with van der Waals surface area (Å²) in [6, 6.07) is 7.69. The van der Waals surface area contributed by atoms with Crippen molar-refractivity contribution in [2.24, 2.45) is 0 Å². The second-order valence-electron chi connectivity index (χ2n) is 6.10. The first kappa shape index (κ1) is 20.2. The molecule has 0 atom stereocenters. The van der Waals surface area contributed by atoms with Crippen LogP contribution in [0.25, 0.3) is 0 Å². The Morgan fingerprint density at radius 1 is 0.833 bits per heavy atom. The molecule has 4 nitrogen and oxygen atoms in total. The van der Waals surface area contributed by atoms with Crippen LogP contribution in [0.3, 0.4) is 0 Å². The average molecular weight is 332 g/mol. The maximum Gasteiger partial charge on any atom is 0.233 e. The maximum absolute atomic E-state index is 12.4. The second kappa shape index (κ2) is 10.8. The topological polar surface area (TPSA) is 40.6 Å². The molecule has 0 radical (unpaired) electrons. The molecule has 1 aromatic carbocycles. The van der Waals surface area contributed by atoms with E-state index in [9.17, 15) is 9.59 Å². The molecule has 0 aromatic heterocycles. The minimum atomic E-state index is -0.218. The maximum atomic E-state index is 12.4. The van der Waals surface area contributed by atoms with Gasteiger partial charge in [0.1, 0.15) is 0 Å². The van der Waals surface area contributed by atoms with Gasteiger partial charge in [-0.15, -0.1) is 0 Å². The first-order chi connectivity index (χ1) is 11.5. The number of rotatable bonds is 10. The van der Waals surface area contributed by atoms with Gasteiger partial charge in [0.2, 0.25) is 11.8 Å². The Kier molecular flexibility index (Phi) is 9.13. The van der Waals surface area contributed by atoms with E-state index in [0.717, 1.165) is 38.0 Å². The fraction of sp³-hybridized carbons (Fsp3) is 0.600. The van der Waals surface area contributed by atoms with E-state index >= 15 is 0 Å². The van der Waals surface area contributed by atoms with Gasteiger partial charge < -0.3 is 4.90 Å². The summed E-state index contributed by atoms with van der Waals surface area (Å²) < 4.78 is 0. The summed E-state index contributed by atoms with van der Waals surface area (Å²) in [7, 11) is 0. The van der Waals surface area contributed by atoms with Gasteiger partial charge in [-0.05, 0) is 44.5 Å². The van der Waals surface area contributed by atoms with Gasteiger partial charge in [0, 0.05) is 32.1 Å². The van der Waals surface area contributed by atoms with Gasteiger partial charge in [0.05, 0.1) is 5.69 Å². The number of carbonyl (C=O) groups excluding carboxylic acids is 2. The lowest BCUT2D eigenvalue weighted by Gasteiger charge is -2.23. The quantitative estimate of drug-likeness (QED) is 0.579. The molecule has 0 saturated heterocycles. The number of imide groups is 1. The Bertz CT molecular complexity index is 507. The number of carbonyl (C=O) groups is 2. The average Bonchev–Trinajstić information content (AvgIpc) is 2.57. The van der Waals surface area contributed by atoms with E-state index in [2.05, 4.69) is 25.7 Å². The minimum absolute atomic E-state index is 0.102. The van der Waals surface area contributed by atoms with Gasteiger partial charge in [-0.3, -0.25) is 14.5 Å². The van der Waals surface area contributed by atoms with E-state index in [4.69, 9.17) is 0 Å². The normalized spacial score (nSPS) is 10.5. The van der Waals surface area contributed by atoms with Gasteiger partial charge in [-0.25, -0.2) is 0 Å². The van der Waals surface area contributed by atoms with Crippen LogP contribution in [0.15, 0.2) is 24.3 Å². The molecule has 4 heteroatoms. The second-order valence-corrected chi connectivity index (χ2v) is 6.10. The number of amides is 2. The minimum Gasteiger partial charge on any atom is -0.372 e. The summed E-state index contributed by atoms with van der Waals surface area (Å²) in [5.41, 5.74) is 1.77. The number of nitrogens with zero attached hydrogens (tertiary/aromatic N) is 2. The van der Waals surface area contributed by atoms with Crippen molar-refractivity contribution in [3.8, 4) is 0 Å². The highest BCUT2D eigenvalue weighted by Gasteiger charge is 2.19. The standard InChI is InChI=1S/C20H32N2O2/c1-5-8-9-10-11-12-20(24)22(17(4)23)19-15-13-18(14-16-19)21(6-2)7-3/h13-16H,5-12H2,1-4H3. The summed E-state index contributed by atoms with van der Waals surface area (Å²) >= 11 is 0. The summed E-state index contributed by atoms with van der Waals surface area (Å²) in [6.45, 7) is 9.71. The number of hydrogen-bond acceptors (Lipinski definition) is 3. The number of anilines is 2. The van der Waals surface area contributed by atoms with E-state index in [-0.39, 0.29) is 11.8 Å². The predicted octanol–water partition coefficient (Wildman–Crippen LogP) is 4.77. The lowest BCUT2D eigenvalue weighted by molar-refractivity contribution is -0.125. The summed E-state index contributed by atoms with van der Waals surface area (Å²) in [6.07, 6.45) is 5.87. The van der Waals surface area contributed by atoms with Crippen LogP contribution in [0.4, 0.5) is 11.4 Å². The molecule has 0 fully saturated rings. The molecule has 0 aliphatic rings. The summed E-state index contributed by atoms with van der Waals surface area (Å²) in [5.74, 6) is -0.321. The Morgan fingerprint density at radius 3 is 1.88 bits per heavy atom. The Hall–Kier alpha value is -1.84.